The number of halogens is 1. The highest BCUT2D eigenvalue weighted by Gasteiger charge is 2.19. The Balaban J connectivity index is 1.61. The first-order valence-electron chi connectivity index (χ1n) is 7.14. The van der Waals surface area contributed by atoms with Crippen LogP contribution in [0.4, 0.5) is 11.5 Å². The fourth-order valence-electron chi connectivity index (χ4n) is 2.67. The molecule has 2 heterocycles. The van der Waals surface area contributed by atoms with Crippen molar-refractivity contribution in [3.63, 3.8) is 0 Å². The Labute approximate surface area is 133 Å². The first-order chi connectivity index (χ1) is 10.2. The number of nitrogens with zero attached hydrogens (tertiary/aromatic N) is 3. The molecule has 2 aromatic rings. The maximum absolute atomic E-state index is 5.79. The summed E-state index contributed by atoms with van der Waals surface area (Å²) in [5.41, 5.74) is 8.31. The summed E-state index contributed by atoms with van der Waals surface area (Å²) in [4.78, 5) is 8.95. The monoisotopic (exact) mass is 346 g/mol. The number of benzene rings is 1. The third-order valence-electron chi connectivity index (χ3n) is 3.82. The van der Waals surface area contributed by atoms with E-state index < -0.39 is 0 Å². The predicted octanol–water partition coefficient (Wildman–Crippen LogP) is 2.75. The highest BCUT2D eigenvalue weighted by molar-refractivity contribution is 9.10. The second-order valence-electron chi connectivity index (χ2n) is 5.31. The van der Waals surface area contributed by atoms with Crippen LogP contribution < -0.4 is 10.6 Å². The maximum Gasteiger partial charge on any atom is 0.125 e. The molecule has 1 aromatic carbocycles. The van der Waals surface area contributed by atoms with Crippen LogP contribution in [0.3, 0.4) is 0 Å². The highest BCUT2D eigenvalue weighted by Crippen LogP contribution is 2.27. The first-order valence-corrected chi connectivity index (χ1v) is 7.94. The summed E-state index contributed by atoms with van der Waals surface area (Å²) in [6.07, 6.45) is 1.78. The molecule has 21 heavy (non-hydrogen) atoms. The van der Waals surface area contributed by atoms with Gasteiger partial charge in [-0.1, -0.05) is 30.3 Å². The molecule has 0 amide bonds. The third kappa shape index (κ3) is 3.54. The van der Waals surface area contributed by atoms with Crippen LogP contribution >= 0.6 is 15.9 Å². The quantitative estimate of drug-likeness (QED) is 0.928. The second kappa shape index (κ2) is 6.45. The van der Waals surface area contributed by atoms with Gasteiger partial charge in [0.25, 0.3) is 0 Å². The largest absolute Gasteiger partial charge is 0.384 e. The van der Waals surface area contributed by atoms with Crippen molar-refractivity contribution in [1.29, 1.82) is 0 Å². The Hall–Kier alpha value is -1.59. The second-order valence-corrected chi connectivity index (χ2v) is 6.16. The van der Waals surface area contributed by atoms with Gasteiger partial charge in [-0.2, -0.15) is 0 Å². The minimum absolute atomic E-state index is 0.569. The zero-order valence-electron chi connectivity index (χ0n) is 11.9. The standard InChI is InChI=1S/C16H19BrN4/c17-14-11-19-16(18)10-15(14)21-8-6-20(7-9-21)12-13-4-2-1-3-5-13/h1-5,10-11H,6-9,12H2,(H2,18,19). The molecule has 1 fully saturated rings. The van der Waals surface area contributed by atoms with Gasteiger partial charge in [-0.15, -0.1) is 0 Å². The van der Waals surface area contributed by atoms with Crippen molar-refractivity contribution in [2.24, 2.45) is 0 Å². The molecule has 1 aromatic heterocycles. The Morgan fingerprint density at radius 1 is 1.10 bits per heavy atom. The average molecular weight is 347 g/mol. The molecular formula is C16H19BrN4. The molecule has 110 valence electrons. The minimum atomic E-state index is 0.569. The molecule has 0 bridgehead atoms. The van der Waals surface area contributed by atoms with E-state index in [4.69, 9.17) is 5.73 Å². The Bertz CT molecular complexity index is 594. The molecule has 0 spiro atoms. The van der Waals surface area contributed by atoms with Crippen LogP contribution in [0.15, 0.2) is 47.1 Å². The van der Waals surface area contributed by atoms with Gasteiger partial charge in [0.1, 0.15) is 5.82 Å². The topological polar surface area (TPSA) is 45.4 Å². The molecule has 0 unspecified atom stereocenters. The van der Waals surface area contributed by atoms with Crippen molar-refractivity contribution in [2.45, 2.75) is 6.54 Å². The van der Waals surface area contributed by atoms with Crippen molar-refractivity contribution in [3.05, 3.63) is 52.6 Å². The number of piperazine rings is 1. The average Bonchev–Trinajstić information content (AvgIpc) is 2.52. The SMILES string of the molecule is Nc1cc(N2CCN(Cc3ccccc3)CC2)c(Br)cn1. The summed E-state index contributed by atoms with van der Waals surface area (Å²) >= 11 is 3.56. The molecule has 0 radical (unpaired) electrons. The van der Waals surface area contributed by atoms with Crippen LogP contribution in [-0.4, -0.2) is 36.1 Å². The zero-order chi connectivity index (χ0) is 14.7. The molecule has 1 saturated heterocycles. The summed E-state index contributed by atoms with van der Waals surface area (Å²) in [6, 6.07) is 12.6. The number of nitrogen functional groups attached to an aromatic ring is 1. The van der Waals surface area contributed by atoms with Crippen LogP contribution in [0.1, 0.15) is 5.56 Å². The van der Waals surface area contributed by atoms with Gasteiger partial charge in [0.05, 0.1) is 10.2 Å². The van der Waals surface area contributed by atoms with E-state index in [2.05, 4.69) is 61.0 Å². The summed E-state index contributed by atoms with van der Waals surface area (Å²) in [7, 11) is 0. The van der Waals surface area contributed by atoms with Crippen molar-refractivity contribution in [2.75, 3.05) is 36.8 Å². The zero-order valence-corrected chi connectivity index (χ0v) is 13.5. The molecule has 0 aliphatic carbocycles. The van der Waals surface area contributed by atoms with Crippen LogP contribution in [0.2, 0.25) is 0 Å². The minimum Gasteiger partial charge on any atom is -0.384 e. The van der Waals surface area contributed by atoms with E-state index in [-0.39, 0.29) is 0 Å². The molecule has 0 saturated carbocycles. The summed E-state index contributed by atoms with van der Waals surface area (Å²) in [6.45, 7) is 5.16. The summed E-state index contributed by atoms with van der Waals surface area (Å²) in [5, 5.41) is 0. The molecule has 4 nitrogen and oxygen atoms in total. The van der Waals surface area contributed by atoms with Gasteiger partial charge in [0.15, 0.2) is 0 Å². The third-order valence-corrected chi connectivity index (χ3v) is 4.43. The van der Waals surface area contributed by atoms with E-state index in [0.29, 0.717) is 5.82 Å². The van der Waals surface area contributed by atoms with Crippen LogP contribution in [0.5, 0.6) is 0 Å². The van der Waals surface area contributed by atoms with Gasteiger partial charge < -0.3 is 10.6 Å². The van der Waals surface area contributed by atoms with Gasteiger partial charge in [-0.05, 0) is 21.5 Å². The maximum atomic E-state index is 5.79. The van der Waals surface area contributed by atoms with E-state index in [9.17, 15) is 0 Å². The van der Waals surface area contributed by atoms with Gasteiger partial charge >= 0.3 is 0 Å². The number of hydrogen-bond acceptors (Lipinski definition) is 4. The van der Waals surface area contributed by atoms with E-state index >= 15 is 0 Å². The Morgan fingerprint density at radius 3 is 2.52 bits per heavy atom. The summed E-state index contributed by atoms with van der Waals surface area (Å²) < 4.78 is 1.01. The number of anilines is 2. The number of aromatic nitrogens is 1. The fraction of sp³-hybridized carbons (Fsp3) is 0.312. The number of nitrogens with two attached hydrogens (primary N) is 1. The molecule has 2 N–H and O–H groups in total. The highest BCUT2D eigenvalue weighted by atomic mass is 79.9. The van der Waals surface area contributed by atoms with Crippen molar-refractivity contribution in [3.8, 4) is 0 Å². The van der Waals surface area contributed by atoms with E-state index in [0.717, 1.165) is 42.9 Å². The fourth-order valence-corrected chi connectivity index (χ4v) is 3.14. The van der Waals surface area contributed by atoms with Crippen molar-refractivity contribution >= 4 is 27.4 Å². The molecular weight excluding hydrogens is 328 g/mol. The van der Waals surface area contributed by atoms with E-state index in [1.54, 1.807) is 6.20 Å². The molecule has 0 atom stereocenters. The van der Waals surface area contributed by atoms with Crippen molar-refractivity contribution in [1.82, 2.24) is 9.88 Å². The lowest BCUT2D eigenvalue weighted by Gasteiger charge is -2.36. The lowest BCUT2D eigenvalue weighted by molar-refractivity contribution is 0.250. The lowest BCUT2D eigenvalue weighted by Crippen LogP contribution is -2.46. The van der Waals surface area contributed by atoms with Crippen molar-refractivity contribution < 1.29 is 0 Å². The number of hydrogen-bond donors (Lipinski definition) is 1. The molecule has 5 heteroatoms. The first kappa shape index (κ1) is 14.4. The molecule has 1 aliphatic heterocycles. The van der Waals surface area contributed by atoms with Crippen LogP contribution in [0, 0.1) is 0 Å². The Kier molecular flexibility index (Phi) is 4.41. The van der Waals surface area contributed by atoms with Crippen LogP contribution in [-0.2, 0) is 6.54 Å². The van der Waals surface area contributed by atoms with Crippen LogP contribution in [0.25, 0.3) is 0 Å². The van der Waals surface area contributed by atoms with Gasteiger partial charge in [0.2, 0.25) is 0 Å². The van der Waals surface area contributed by atoms with E-state index in [1.165, 1.54) is 5.56 Å². The van der Waals surface area contributed by atoms with E-state index in [1.807, 2.05) is 6.07 Å². The normalized spacial score (nSPS) is 16.1. The lowest BCUT2D eigenvalue weighted by atomic mass is 10.2. The smallest absolute Gasteiger partial charge is 0.125 e. The predicted molar refractivity (Wildman–Crippen MR) is 90.3 cm³/mol. The van der Waals surface area contributed by atoms with Gasteiger partial charge in [-0.3, -0.25) is 4.90 Å². The molecule has 1 aliphatic rings. The van der Waals surface area contributed by atoms with Gasteiger partial charge in [0, 0.05) is 45.0 Å². The number of rotatable bonds is 3. The van der Waals surface area contributed by atoms with Gasteiger partial charge in [-0.25, -0.2) is 4.98 Å². The molecule has 3 rings (SSSR count). The Morgan fingerprint density at radius 2 is 1.81 bits per heavy atom. The number of pyridine rings is 1. The summed E-state index contributed by atoms with van der Waals surface area (Å²) in [5.74, 6) is 0.569.